The van der Waals surface area contributed by atoms with Crippen LogP contribution >= 0.6 is 11.3 Å². The van der Waals surface area contributed by atoms with E-state index in [9.17, 15) is 0 Å². The quantitative estimate of drug-likeness (QED) is 0.868. The average Bonchev–Trinajstić information content (AvgIpc) is 2.89. The summed E-state index contributed by atoms with van der Waals surface area (Å²) in [5.41, 5.74) is 1.83. The number of anilines is 2. The Morgan fingerprint density at radius 3 is 2.67 bits per heavy atom. The van der Waals surface area contributed by atoms with Crippen LogP contribution in [0, 0.1) is 0 Å². The van der Waals surface area contributed by atoms with Crippen molar-refractivity contribution in [1.82, 2.24) is 15.0 Å². The molecule has 2 N–H and O–H groups in total. The van der Waals surface area contributed by atoms with Gasteiger partial charge in [0, 0.05) is 30.1 Å². The van der Waals surface area contributed by atoms with Gasteiger partial charge >= 0.3 is 0 Å². The van der Waals surface area contributed by atoms with E-state index in [1.54, 1.807) is 11.3 Å². The fourth-order valence-corrected chi connectivity index (χ4v) is 1.98. The Labute approximate surface area is 111 Å². The van der Waals surface area contributed by atoms with Crippen LogP contribution in [0.5, 0.6) is 0 Å². The minimum Gasteiger partial charge on any atom is -0.373 e. The van der Waals surface area contributed by atoms with Gasteiger partial charge in [-0.2, -0.15) is 0 Å². The summed E-state index contributed by atoms with van der Waals surface area (Å²) in [5.74, 6) is 2.82. The van der Waals surface area contributed by atoms with E-state index in [4.69, 9.17) is 0 Å². The zero-order valence-electron chi connectivity index (χ0n) is 10.8. The average molecular weight is 263 g/mol. The fourth-order valence-electron chi connectivity index (χ4n) is 1.45. The topological polar surface area (TPSA) is 62.7 Å². The molecule has 0 saturated heterocycles. The smallest absolute Gasteiger partial charge is 0.135 e. The first kappa shape index (κ1) is 12.8. The van der Waals surface area contributed by atoms with E-state index < -0.39 is 0 Å². The molecule has 6 heteroatoms. The summed E-state index contributed by atoms with van der Waals surface area (Å²) in [6, 6.07) is 1.91. The Bertz CT molecular complexity index is 495. The highest BCUT2D eigenvalue weighted by atomic mass is 32.1. The number of hydrogen-bond donors (Lipinski definition) is 2. The standard InChI is InChI=1S/C12H17N5S/c1-8(2)12-16-10(13-3)4-11(17-12)15-6-9-5-14-7-18-9/h4-5,7-8H,6H2,1-3H3,(H2,13,15,16,17). The number of rotatable bonds is 5. The summed E-state index contributed by atoms with van der Waals surface area (Å²) in [6.07, 6.45) is 1.86. The molecular formula is C12H17N5S. The molecule has 0 radical (unpaired) electrons. The molecule has 5 nitrogen and oxygen atoms in total. The molecule has 0 bridgehead atoms. The lowest BCUT2D eigenvalue weighted by Crippen LogP contribution is -2.07. The second kappa shape index (κ2) is 5.77. The molecule has 18 heavy (non-hydrogen) atoms. The van der Waals surface area contributed by atoms with E-state index in [1.807, 2.05) is 24.8 Å². The lowest BCUT2D eigenvalue weighted by atomic mass is 10.2. The molecule has 0 unspecified atom stereocenters. The van der Waals surface area contributed by atoms with Gasteiger partial charge in [0.1, 0.15) is 17.5 Å². The predicted octanol–water partition coefficient (Wildman–Crippen LogP) is 2.71. The third-order valence-corrected chi connectivity index (χ3v) is 3.22. The van der Waals surface area contributed by atoms with Gasteiger partial charge in [-0.25, -0.2) is 9.97 Å². The van der Waals surface area contributed by atoms with Gasteiger partial charge in [-0.15, -0.1) is 11.3 Å². The van der Waals surface area contributed by atoms with Crippen LogP contribution < -0.4 is 10.6 Å². The van der Waals surface area contributed by atoms with E-state index in [1.165, 1.54) is 4.88 Å². The maximum atomic E-state index is 4.50. The molecule has 2 rings (SSSR count). The van der Waals surface area contributed by atoms with Crippen molar-refractivity contribution in [3.05, 3.63) is 28.5 Å². The van der Waals surface area contributed by atoms with E-state index in [2.05, 4.69) is 39.4 Å². The van der Waals surface area contributed by atoms with Gasteiger partial charge in [0.2, 0.25) is 0 Å². The Morgan fingerprint density at radius 2 is 2.06 bits per heavy atom. The van der Waals surface area contributed by atoms with Crippen LogP contribution in [0.3, 0.4) is 0 Å². The molecule has 2 aromatic rings. The molecule has 0 saturated carbocycles. The number of nitrogens with zero attached hydrogens (tertiary/aromatic N) is 3. The van der Waals surface area contributed by atoms with E-state index in [0.29, 0.717) is 5.92 Å². The van der Waals surface area contributed by atoms with Gasteiger partial charge < -0.3 is 10.6 Å². The highest BCUT2D eigenvalue weighted by molar-refractivity contribution is 7.09. The third-order valence-electron chi connectivity index (χ3n) is 2.44. The van der Waals surface area contributed by atoms with Crippen LogP contribution in [-0.2, 0) is 6.54 Å². The second-order valence-electron chi connectivity index (χ2n) is 4.22. The first-order valence-corrected chi connectivity index (χ1v) is 6.75. The highest BCUT2D eigenvalue weighted by Gasteiger charge is 2.07. The number of aromatic nitrogens is 3. The molecule has 2 aromatic heterocycles. The second-order valence-corrected chi connectivity index (χ2v) is 5.19. The molecule has 2 heterocycles. The van der Waals surface area contributed by atoms with Gasteiger partial charge in [-0.1, -0.05) is 13.8 Å². The zero-order valence-corrected chi connectivity index (χ0v) is 11.6. The Morgan fingerprint density at radius 1 is 1.28 bits per heavy atom. The van der Waals surface area contributed by atoms with Crippen LogP contribution in [0.2, 0.25) is 0 Å². The van der Waals surface area contributed by atoms with Gasteiger partial charge in [0.15, 0.2) is 0 Å². The molecular weight excluding hydrogens is 246 g/mol. The van der Waals surface area contributed by atoms with Crippen LogP contribution in [0.4, 0.5) is 11.6 Å². The van der Waals surface area contributed by atoms with Crippen molar-refractivity contribution in [1.29, 1.82) is 0 Å². The number of thiazole rings is 1. The van der Waals surface area contributed by atoms with Crippen molar-refractivity contribution in [2.24, 2.45) is 0 Å². The molecule has 0 amide bonds. The molecule has 0 aliphatic rings. The summed E-state index contributed by atoms with van der Waals surface area (Å²) < 4.78 is 0. The van der Waals surface area contributed by atoms with Gasteiger partial charge in [0.05, 0.1) is 12.1 Å². The Balaban J connectivity index is 2.13. The Kier molecular flexibility index (Phi) is 4.09. The zero-order chi connectivity index (χ0) is 13.0. The fraction of sp³-hybridized carbons (Fsp3) is 0.417. The summed E-state index contributed by atoms with van der Waals surface area (Å²) in [5, 5.41) is 6.35. The first-order valence-electron chi connectivity index (χ1n) is 5.87. The van der Waals surface area contributed by atoms with Crippen LogP contribution in [-0.4, -0.2) is 22.0 Å². The number of hydrogen-bond acceptors (Lipinski definition) is 6. The summed E-state index contributed by atoms with van der Waals surface area (Å²) >= 11 is 1.63. The third kappa shape index (κ3) is 3.16. The van der Waals surface area contributed by atoms with Gasteiger partial charge in [-0.05, 0) is 0 Å². The normalized spacial score (nSPS) is 10.7. The first-order chi connectivity index (χ1) is 8.69. The van der Waals surface area contributed by atoms with Crippen molar-refractivity contribution in [2.75, 3.05) is 17.7 Å². The minimum absolute atomic E-state index is 0.308. The highest BCUT2D eigenvalue weighted by Crippen LogP contribution is 2.17. The molecule has 0 aromatic carbocycles. The molecule has 96 valence electrons. The van der Waals surface area contributed by atoms with Crippen LogP contribution in [0.1, 0.15) is 30.5 Å². The lowest BCUT2D eigenvalue weighted by molar-refractivity contribution is 0.776. The maximum absolute atomic E-state index is 4.50. The van der Waals surface area contributed by atoms with Crippen molar-refractivity contribution >= 4 is 23.0 Å². The largest absolute Gasteiger partial charge is 0.373 e. The molecule has 0 aliphatic carbocycles. The molecule has 0 fully saturated rings. The maximum Gasteiger partial charge on any atom is 0.135 e. The molecule has 0 atom stereocenters. The van der Waals surface area contributed by atoms with Crippen LogP contribution in [0.25, 0.3) is 0 Å². The van der Waals surface area contributed by atoms with Gasteiger partial charge in [0.25, 0.3) is 0 Å². The number of nitrogens with one attached hydrogen (secondary N) is 2. The van der Waals surface area contributed by atoms with Crippen molar-refractivity contribution in [3.63, 3.8) is 0 Å². The van der Waals surface area contributed by atoms with E-state index in [-0.39, 0.29) is 0 Å². The lowest BCUT2D eigenvalue weighted by Gasteiger charge is -2.10. The summed E-state index contributed by atoms with van der Waals surface area (Å²) in [4.78, 5) is 14.2. The van der Waals surface area contributed by atoms with Crippen molar-refractivity contribution in [3.8, 4) is 0 Å². The minimum atomic E-state index is 0.308. The monoisotopic (exact) mass is 263 g/mol. The molecule has 0 spiro atoms. The van der Waals surface area contributed by atoms with Crippen LogP contribution in [0.15, 0.2) is 17.8 Å². The van der Waals surface area contributed by atoms with Crippen molar-refractivity contribution in [2.45, 2.75) is 26.3 Å². The SMILES string of the molecule is CNc1cc(NCc2cncs2)nc(C(C)C)n1. The van der Waals surface area contributed by atoms with E-state index >= 15 is 0 Å². The Hall–Kier alpha value is -1.69. The van der Waals surface area contributed by atoms with Crippen molar-refractivity contribution < 1.29 is 0 Å². The predicted molar refractivity (Wildman–Crippen MR) is 75.1 cm³/mol. The summed E-state index contributed by atoms with van der Waals surface area (Å²) in [7, 11) is 1.86. The summed E-state index contributed by atoms with van der Waals surface area (Å²) in [6.45, 7) is 4.91. The van der Waals surface area contributed by atoms with Gasteiger partial charge in [-0.3, -0.25) is 4.98 Å². The molecule has 0 aliphatic heterocycles. The van der Waals surface area contributed by atoms with E-state index in [0.717, 1.165) is 24.0 Å².